The Morgan fingerprint density at radius 2 is 1.93 bits per heavy atom. The lowest BCUT2D eigenvalue weighted by Gasteiger charge is -2.41. The standard InChI is InChI=1S/C34H40FN5O3S/c1-21-28(29(32(41)42)43-33(2,3)4)31-39-15-13-34(5,14-16-39)12-8-6-7-9-22-10-11-24(35)17-23(22)18-25-20-36-30(44-25)26-19-27(37-21)40(31)38-26/h6,8,10-11,17,19-20,29H,7,9,12-16,18H2,1-5H3,(H,41,42). The van der Waals surface area contributed by atoms with Gasteiger partial charge in [-0.3, -0.25) is 0 Å². The lowest BCUT2D eigenvalue weighted by atomic mass is 9.77. The zero-order valence-electron chi connectivity index (χ0n) is 26.1. The number of carboxylic acids is 1. The predicted molar refractivity (Wildman–Crippen MR) is 171 cm³/mol. The summed E-state index contributed by atoms with van der Waals surface area (Å²) in [6.07, 6.45) is 10.4. The second-order valence-corrected chi connectivity index (χ2v) is 14.5. The number of aromatic nitrogens is 4. The molecule has 3 aliphatic rings. The Labute approximate surface area is 261 Å². The van der Waals surface area contributed by atoms with E-state index in [4.69, 9.17) is 19.8 Å². The molecule has 3 aliphatic heterocycles. The number of carbonyl (C=O) groups is 1. The van der Waals surface area contributed by atoms with Gasteiger partial charge >= 0.3 is 5.97 Å². The molecular formula is C34H40FN5O3S. The second kappa shape index (κ2) is 11.7. The number of ether oxygens (including phenoxy) is 1. The van der Waals surface area contributed by atoms with E-state index in [2.05, 4.69) is 24.0 Å². The monoisotopic (exact) mass is 617 g/mol. The van der Waals surface area contributed by atoms with Crippen LogP contribution < -0.4 is 4.90 Å². The summed E-state index contributed by atoms with van der Waals surface area (Å²) in [5.41, 5.74) is 3.99. The van der Waals surface area contributed by atoms with Crippen molar-refractivity contribution in [3.05, 3.63) is 75.7 Å². The van der Waals surface area contributed by atoms with Crippen LogP contribution in [-0.2, 0) is 22.4 Å². The normalized spacial score (nSPS) is 17.7. The Bertz CT molecular complexity index is 1730. The van der Waals surface area contributed by atoms with E-state index < -0.39 is 17.7 Å². The highest BCUT2D eigenvalue weighted by atomic mass is 32.1. The van der Waals surface area contributed by atoms with E-state index in [1.165, 1.54) is 11.3 Å². The van der Waals surface area contributed by atoms with Gasteiger partial charge in [0.25, 0.3) is 0 Å². The molecule has 1 fully saturated rings. The molecule has 0 spiro atoms. The maximum absolute atomic E-state index is 14.3. The minimum absolute atomic E-state index is 0.124. The molecule has 6 heterocycles. The first-order chi connectivity index (χ1) is 20.9. The third kappa shape index (κ3) is 6.28. The Morgan fingerprint density at radius 1 is 1.16 bits per heavy atom. The summed E-state index contributed by atoms with van der Waals surface area (Å²) < 4.78 is 22.2. The molecule has 0 amide bonds. The van der Waals surface area contributed by atoms with Gasteiger partial charge in [-0.25, -0.2) is 19.2 Å². The van der Waals surface area contributed by atoms with Crippen LogP contribution in [0.4, 0.5) is 10.2 Å². The number of nitrogens with zero attached hydrogens (tertiary/aromatic N) is 5. The summed E-state index contributed by atoms with van der Waals surface area (Å²) in [5, 5.41) is 16.1. The zero-order valence-corrected chi connectivity index (χ0v) is 26.9. The minimum Gasteiger partial charge on any atom is -0.479 e. The van der Waals surface area contributed by atoms with Crippen LogP contribution in [0.5, 0.6) is 0 Å². The third-order valence-electron chi connectivity index (χ3n) is 8.70. The van der Waals surface area contributed by atoms with Gasteiger partial charge in [0, 0.05) is 42.3 Å². The number of allylic oxidation sites excluding steroid dienone is 2. The van der Waals surface area contributed by atoms with Gasteiger partial charge < -0.3 is 14.7 Å². The number of halogens is 1. The minimum atomic E-state index is -1.21. The van der Waals surface area contributed by atoms with E-state index >= 15 is 0 Å². The van der Waals surface area contributed by atoms with Crippen molar-refractivity contribution in [3.8, 4) is 10.7 Å². The summed E-state index contributed by atoms with van der Waals surface area (Å²) in [4.78, 5) is 25.5. The first kappa shape index (κ1) is 30.4. The molecule has 6 bridgehead atoms. The molecule has 3 aromatic heterocycles. The molecule has 7 rings (SSSR count). The molecule has 0 radical (unpaired) electrons. The largest absolute Gasteiger partial charge is 0.479 e. The van der Waals surface area contributed by atoms with Crippen LogP contribution in [0.1, 0.15) is 86.7 Å². The molecule has 8 nitrogen and oxygen atoms in total. The maximum atomic E-state index is 14.3. The highest BCUT2D eigenvalue weighted by Gasteiger charge is 2.37. The molecule has 232 valence electrons. The second-order valence-electron chi connectivity index (χ2n) is 13.4. The van der Waals surface area contributed by atoms with Crippen LogP contribution in [0.15, 0.2) is 42.6 Å². The summed E-state index contributed by atoms with van der Waals surface area (Å²) in [7, 11) is 0. The van der Waals surface area contributed by atoms with Crippen molar-refractivity contribution in [1.82, 2.24) is 19.6 Å². The summed E-state index contributed by atoms with van der Waals surface area (Å²) >= 11 is 1.53. The molecule has 1 N–H and O–H groups in total. The fraction of sp³-hybridized carbons (Fsp3) is 0.471. The number of rotatable bonds is 3. The van der Waals surface area contributed by atoms with Crippen molar-refractivity contribution in [2.45, 2.75) is 84.8 Å². The van der Waals surface area contributed by atoms with Crippen molar-refractivity contribution < 1.29 is 19.0 Å². The number of hydrogen-bond donors (Lipinski definition) is 1. The van der Waals surface area contributed by atoms with Crippen LogP contribution in [0, 0.1) is 18.2 Å². The summed E-state index contributed by atoms with van der Waals surface area (Å²) in [6, 6.07) is 7.00. The van der Waals surface area contributed by atoms with E-state index in [1.54, 1.807) is 16.6 Å². The van der Waals surface area contributed by atoms with Gasteiger partial charge in [-0.15, -0.1) is 11.3 Å². The fourth-order valence-electron chi connectivity index (χ4n) is 6.30. The Hall–Kier alpha value is -3.63. The van der Waals surface area contributed by atoms with E-state index in [0.717, 1.165) is 66.2 Å². The number of fused-ring (bicyclic) bond motifs is 5. The number of carboxylic acid groups (broad SMARTS) is 1. The van der Waals surface area contributed by atoms with Gasteiger partial charge in [-0.1, -0.05) is 25.1 Å². The van der Waals surface area contributed by atoms with Crippen LogP contribution >= 0.6 is 11.3 Å². The molecule has 4 aromatic rings. The molecule has 44 heavy (non-hydrogen) atoms. The van der Waals surface area contributed by atoms with E-state index in [1.807, 2.05) is 46.0 Å². The quantitative estimate of drug-likeness (QED) is 0.241. The number of aliphatic carboxylic acids is 1. The third-order valence-corrected chi connectivity index (χ3v) is 9.72. The molecule has 1 aromatic carbocycles. The number of benzene rings is 1. The van der Waals surface area contributed by atoms with Gasteiger partial charge in [0.2, 0.25) is 0 Å². The number of piperidine rings is 1. The number of thiazole rings is 1. The zero-order chi connectivity index (χ0) is 31.2. The summed E-state index contributed by atoms with van der Waals surface area (Å²) in [5.74, 6) is -0.579. The van der Waals surface area contributed by atoms with Crippen molar-refractivity contribution in [1.29, 1.82) is 0 Å². The molecule has 0 aliphatic carbocycles. The fourth-order valence-corrected chi connectivity index (χ4v) is 7.19. The number of anilines is 1. The van der Waals surface area contributed by atoms with E-state index in [0.29, 0.717) is 34.8 Å². The summed E-state index contributed by atoms with van der Waals surface area (Å²) in [6.45, 7) is 11.3. The highest BCUT2D eigenvalue weighted by Crippen LogP contribution is 2.41. The van der Waals surface area contributed by atoms with Gasteiger partial charge in [0.1, 0.15) is 22.3 Å². The smallest absolute Gasteiger partial charge is 0.337 e. The van der Waals surface area contributed by atoms with E-state index in [-0.39, 0.29) is 11.2 Å². The SMILES string of the molecule is Cc1nc2cc3nn2c(c1C(OC(C)(C)C)C(=O)O)N1CCC(C)(CC=CCCc2ccc(F)cc2Cc2cnc-3s2)CC1. The molecule has 0 saturated carbocycles. The molecular weight excluding hydrogens is 577 g/mol. The first-order valence-electron chi connectivity index (χ1n) is 15.3. The van der Waals surface area contributed by atoms with Crippen molar-refractivity contribution in [2.75, 3.05) is 18.0 Å². The molecule has 1 unspecified atom stereocenters. The Balaban J connectivity index is 1.51. The topological polar surface area (TPSA) is 92.8 Å². The van der Waals surface area contributed by atoms with Gasteiger partial charge in [-0.2, -0.15) is 9.61 Å². The molecule has 1 saturated heterocycles. The lowest BCUT2D eigenvalue weighted by Crippen LogP contribution is -2.41. The number of hydrogen-bond acceptors (Lipinski definition) is 7. The average Bonchev–Trinajstić information content (AvgIpc) is 3.58. The molecule has 1 atom stereocenters. The van der Waals surface area contributed by atoms with Gasteiger partial charge in [0.05, 0.1) is 11.2 Å². The van der Waals surface area contributed by atoms with Crippen LogP contribution in [0.3, 0.4) is 0 Å². The number of aryl methyl sites for hydroxylation is 2. The van der Waals surface area contributed by atoms with Crippen LogP contribution in [0.25, 0.3) is 16.3 Å². The van der Waals surface area contributed by atoms with Crippen molar-refractivity contribution in [2.24, 2.45) is 5.41 Å². The van der Waals surface area contributed by atoms with Gasteiger partial charge in [-0.05, 0) is 88.5 Å². The highest BCUT2D eigenvalue weighted by molar-refractivity contribution is 7.15. The maximum Gasteiger partial charge on any atom is 0.337 e. The average molecular weight is 618 g/mol. The Morgan fingerprint density at radius 3 is 2.66 bits per heavy atom. The molecule has 10 heteroatoms. The lowest BCUT2D eigenvalue weighted by molar-refractivity contribution is -0.160. The van der Waals surface area contributed by atoms with Crippen LogP contribution in [0.2, 0.25) is 0 Å². The Kier molecular flexibility index (Phi) is 8.09. The first-order valence-corrected chi connectivity index (χ1v) is 16.1. The van der Waals surface area contributed by atoms with Crippen LogP contribution in [-0.4, -0.2) is 49.3 Å². The van der Waals surface area contributed by atoms with Crippen molar-refractivity contribution in [3.63, 3.8) is 0 Å². The van der Waals surface area contributed by atoms with E-state index in [9.17, 15) is 14.3 Å². The van der Waals surface area contributed by atoms with Gasteiger partial charge in [0.15, 0.2) is 11.8 Å². The predicted octanol–water partition coefficient (Wildman–Crippen LogP) is 7.33. The van der Waals surface area contributed by atoms with Crippen molar-refractivity contribution >= 4 is 28.8 Å².